The Morgan fingerprint density at radius 1 is 1.30 bits per heavy atom. The summed E-state index contributed by atoms with van der Waals surface area (Å²) in [5, 5.41) is 17.9. The molecule has 3 N–H and O–H groups in total. The van der Waals surface area contributed by atoms with Crippen molar-refractivity contribution < 1.29 is 9.90 Å². The molecule has 4 rings (SSSR count). The van der Waals surface area contributed by atoms with E-state index in [9.17, 15) is 9.90 Å². The molecule has 1 aliphatic carbocycles. The maximum atomic E-state index is 12.9. The van der Waals surface area contributed by atoms with E-state index < -0.39 is 6.17 Å². The van der Waals surface area contributed by atoms with Crippen molar-refractivity contribution in [2.24, 2.45) is 11.3 Å². The first-order valence-electron chi connectivity index (χ1n) is 9.82. The van der Waals surface area contributed by atoms with Crippen LogP contribution in [0.3, 0.4) is 0 Å². The average molecular weight is 385 g/mol. The van der Waals surface area contributed by atoms with E-state index in [1.807, 2.05) is 25.1 Å². The highest BCUT2D eigenvalue weighted by Crippen LogP contribution is 2.47. The molecule has 2 aromatic rings. The molecule has 4 nitrogen and oxygen atoms in total. The average Bonchev–Trinajstić information content (AvgIpc) is 3.01. The lowest BCUT2D eigenvalue weighted by molar-refractivity contribution is 0.0934. The Morgan fingerprint density at radius 2 is 2.07 bits per heavy atom. The van der Waals surface area contributed by atoms with Crippen molar-refractivity contribution in [2.75, 3.05) is 5.32 Å². The molecule has 1 amide bonds. The number of phenolic OH excluding ortho intramolecular Hbond substituents is 1. The van der Waals surface area contributed by atoms with Gasteiger partial charge in [0.25, 0.3) is 5.91 Å². The number of anilines is 1. The first-order valence-corrected chi connectivity index (χ1v) is 10.6. The van der Waals surface area contributed by atoms with E-state index in [1.54, 1.807) is 11.3 Å². The van der Waals surface area contributed by atoms with Crippen molar-refractivity contribution in [3.05, 3.63) is 45.3 Å². The quantitative estimate of drug-likeness (QED) is 0.685. The number of para-hydroxylation sites is 1. The van der Waals surface area contributed by atoms with Crippen LogP contribution in [0.2, 0.25) is 0 Å². The summed E-state index contributed by atoms with van der Waals surface area (Å²) in [6.45, 7) is 8.85. The molecule has 0 saturated carbocycles. The number of phenols is 1. The van der Waals surface area contributed by atoms with Gasteiger partial charge in [-0.3, -0.25) is 4.79 Å². The Balaban J connectivity index is 1.66. The zero-order valence-electron chi connectivity index (χ0n) is 16.5. The monoisotopic (exact) mass is 384 g/mol. The van der Waals surface area contributed by atoms with Crippen molar-refractivity contribution in [1.82, 2.24) is 5.32 Å². The van der Waals surface area contributed by atoms with Gasteiger partial charge in [-0.25, -0.2) is 0 Å². The summed E-state index contributed by atoms with van der Waals surface area (Å²) in [5.41, 5.74) is 3.91. The zero-order chi connectivity index (χ0) is 19.3. The molecule has 2 aliphatic rings. The van der Waals surface area contributed by atoms with Gasteiger partial charge in [0.15, 0.2) is 0 Å². The Hall–Kier alpha value is -2.01. The highest BCUT2D eigenvalue weighted by molar-refractivity contribution is 7.16. The summed E-state index contributed by atoms with van der Waals surface area (Å²) >= 11 is 1.73. The second-order valence-corrected chi connectivity index (χ2v) is 9.66. The third-order valence-corrected chi connectivity index (χ3v) is 7.83. The SMILES string of the molecule is CCC(C)(C)[C@H]1CCc2c(sc3c2C(=O)N[C@@H](c2cccc(C)c2O)N3)C1. The van der Waals surface area contributed by atoms with Crippen molar-refractivity contribution in [2.45, 2.75) is 59.5 Å². The van der Waals surface area contributed by atoms with Crippen LogP contribution in [0.5, 0.6) is 5.75 Å². The predicted octanol–water partition coefficient (Wildman–Crippen LogP) is 5.16. The van der Waals surface area contributed by atoms with Crippen molar-refractivity contribution in [1.29, 1.82) is 0 Å². The van der Waals surface area contributed by atoms with Crippen LogP contribution in [0.15, 0.2) is 18.2 Å². The topological polar surface area (TPSA) is 61.4 Å². The maximum Gasteiger partial charge on any atom is 0.256 e. The van der Waals surface area contributed by atoms with Gasteiger partial charge in [-0.2, -0.15) is 0 Å². The van der Waals surface area contributed by atoms with E-state index in [0.29, 0.717) is 16.9 Å². The molecule has 27 heavy (non-hydrogen) atoms. The molecule has 0 spiro atoms. The van der Waals surface area contributed by atoms with E-state index in [2.05, 4.69) is 31.4 Å². The molecule has 0 bridgehead atoms. The van der Waals surface area contributed by atoms with Gasteiger partial charge in [0.2, 0.25) is 0 Å². The number of hydrogen-bond acceptors (Lipinski definition) is 4. The highest BCUT2D eigenvalue weighted by atomic mass is 32.1. The number of hydrogen-bond donors (Lipinski definition) is 3. The Morgan fingerprint density at radius 3 is 2.81 bits per heavy atom. The molecule has 1 aromatic heterocycles. The molecule has 144 valence electrons. The molecule has 2 heterocycles. The van der Waals surface area contributed by atoms with Crippen LogP contribution in [0, 0.1) is 18.3 Å². The molecule has 0 unspecified atom stereocenters. The van der Waals surface area contributed by atoms with E-state index in [4.69, 9.17) is 0 Å². The number of nitrogens with one attached hydrogen (secondary N) is 2. The van der Waals surface area contributed by atoms with Crippen LogP contribution >= 0.6 is 11.3 Å². The van der Waals surface area contributed by atoms with Gasteiger partial charge in [0, 0.05) is 10.4 Å². The number of carbonyl (C=O) groups excluding carboxylic acids is 1. The van der Waals surface area contributed by atoms with Gasteiger partial charge in [-0.15, -0.1) is 11.3 Å². The number of benzene rings is 1. The maximum absolute atomic E-state index is 12.9. The lowest BCUT2D eigenvalue weighted by Crippen LogP contribution is -2.38. The predicted molar refractivity (Wildman–Crippen MR) is 111 cm³/mol. The minimum atomic E-state index is -0.395. The molecule has 0 fully saturated rings. The standard InChI is InChI=1S/C22H28N2O2S/c1-5-22(3,4)13-9-10-14-16(11-13)27-21-17(14)20(26)23-19(24-21)15-8-6-7-12(2)18(15)25/h6-8,13,19,24-25H,5,9-11H2,1-4H3,(H,23,26)/t13-,19+/m0/s1. The minimum absolute atomic E-state index is 0.0274. The Kier molecular flexibility index (Phi) is 4.46. The molecule has 1 aliphatic heterocycles. The van der Waals surface area contributed by atoms with Crippen LogP contribution in [0.4, 0.5) is 5.00 Å². The van der Waals surface area contributed by atoms with Crippen LogP contribution in [0.25, 0.3) is 0 Å². The fourth-order valence-electron chi connectivity index (χ4n) is 4.32. The fraction of sp³-hybridized carbons (Fsp3) is 0.500. The number of aromatic hydroxyl groups is 1. The first-order chi connectivity index (χ1) is 12.8. The van der Waals surface area contributed by atoms with E-state index in [-0.39, 0.29) is 11.7 Å². The van der Waals surface area contributed by atoms with Gasteiger partial charge in [0.05, 0.1) is 5.56 Å². The lowest BCUT2D eigenvalue weighted by atomic mass is 9.69. The van der Waals surface area contributed by atoms with Gasteiger partial charge in [-0.1, -0.05) is 45.4 Å². The minimum Gasteiger partial charge on any atom is -0.507 e. The van der Waals surface area contributed by atoms with E-state index in [1.165, 1.54) is 16.9 Å². The molecule has 2 atom stereocenters. The largest absolute Gasteiger partial charge is 0.507 e. The van der Waals surface area contributed by atoms with Gasteiger partial charge >= 0.3 is 0 Å². The summed E-state index contributed by atoms with van der Waals surface area (Å²) in [6, 6.07) is 5.64. The van der Waals surface area contributed by atoms with Gasteiger partial charge in [0.1, 0.15) is 16.9 Å². The fourth-order valence-corrected chi connectivity index (χ4v) is 5.68. The Labute approximate surface area is 165 Å². The molecule has 1 aromatic carbocycles. The second-order valence-electron chi connectivity index (χ2n) is 8.55. The summed E-state index contributed by atoms with van der Waals surface area (Å²) in [5.74, 6) is 0.875. The number of aryl methyl sites for hydroxylation is 1. The van der Waals surface area contributed by atoms with Crippen LogP contribution < -0.4 is 10.6 Å². The summed E-state index contributed by atoms with van der Waals surface area (Å²) in [4.78, 5) is 14.3. The third-order valence-electron chi connectivity index (χ3n) is 6.64. The second kappa shape index (κ2) is 6.55. The van der Waals surface area contributed by atoms with E-state index in [0.717, 1.165) is 35.4 Å². The zero-order valence-corrected chi connectivity index (χ0v) is 17.3. The number of fused-ring (bicyclic) bond motifs is 3. The first kappa shape index (κ1) is 18.4. The molecular formula is C22H28N2O2S. The smallest absolute Gasteiger partial charge is 0.256 e. The van der Waals surface area contributed by atoms with Gasteiger partial charge in [-0.05, 0) is 48.6 Å². The van der Waals surface area contributed by atoms with E-state index >= 15 is 0 Å². The van der Waals surface area contributed by atoms with Crippen molar-refractivity contribution in [3.8, 4) is 5.75 Å². The highest BCUT2D eigenvalue weighted by Gasteiger charge is 2.37. The number of rotatable bonds is 3. The van der Waals surface area contributed by atoms with Crippen molar-refractivity contribution in [3.63, 3.8) is 0 Å². The van der Waals surface area contributed by atoms with Crippen LogP contribution in [-0.2, 0) is 12.8 Å². The normalized spacial score (nSPS) is 21.9. The van der Waals surface area contributed by atoms with Gasteiger partial charge < -0.3 is 15.7 Å². The summed E-state index contributed by atoms with van der Waals surface area (Å²) < 4.78 is 0. The molecule has 0 radical (unpaired) electrons. The molecule has 5 heteroatoms. The number of carbonyl (C=O) groups is 1. The summed E-state index contributed by atoms with van der Waals surface area (Å²) in [7, 11) is 0. The van der Waals surface area contributed by atoms with Crippen LogP contribution in [0.1, 0.15) is 71.7 Å². The molecule has 0 saturated heterocycles. The van der Waals surface area contributed by atoms with Crippen LogP contribution in [-0.4, -0.2) is 11.0 Å². The third kappa shape index (κ3) is 3.02. The lowest BCUT2D eigenvalue weighted by Gasteiger charge is -2.36. The number of thiophene rings is 1. The Bertz CT molecular complexity index is 900. The summed E-state index contributed by atoms with van der Waals surface area (Å²) in [6.07, 6.45) is 3.96. The van der Waals surface area contributed by atoms with Crippen molar-refractivity contribution >= 4 is 22.2 Å². The molecular weight excluding hydrogens is 356 g/mol. The number of amides is 1.